The quantitative estimate of drug-likeness (QED) is 0.630. The molecule has 2 heterocycles. The van der Waals surface area contributed by atoms with Crippen molar-refractivity contribution in [2.45, 2.75) is 13.1 Å². The number of halogens is 1. The van der Waals surface area contributed by atoms with E-state index in [-0.39, 0.29) is 6.79 Å². The smallest absolute Gasteiger partial charge is 0.231 e. The van der Waals surface area contributed by atoms with Crippen LogP contribution in [0, 0.1) is 0 Å². The molecule has 0 amide bonds. The van der Waals surface area contributed by atoms with Crippen LogP contribution in [0.25, 0.3) is 0 Å². The van der Waals surface area contributed by atoms with Crippen LogP contribution in [0.4, 0.5) is 0 Å². The Bertz CT molecular complexity index is 674. The predicted octanol–water partition coefficient (Wildman–Crippen LogP) is 3.10. The topological polar surface area (TPSA) is 54.9 Å². The van der Waals surface area contributed by atoms with E-state index in [1.807, 2.05) is 12.1 Å². The van der Waals surface area contributed by atoms with Gasteiger partial charge in [-0.1, -0.05) is 0 Å². The van der Waals surface area contributed by atoms with Gasteiger partial charge in [0, 0.05) is 20.1 Å². The van der Waals surface area contributed by atoms with E-state index in [0.29, 0.717) is 6.54 Å². The average molecular weight is 382 g/mol. The molecule has 0 aliphatic carbocycles. The van der Waals surface area contributed by atoms with E-state index in [9.17, 15) is 0 Å². The van der Waals surface area contributed by atoms with Gasteiger partial charge in [0.2, 0.25) is 6.79 Å². The van der Waals surface area contributed by atoms with Crippen molar-refractivity contribution in [3.05, 3.63) is 44.6 Å². The summed E-state index contributed by atoms with van der Waals surface area (Å²) in [5.41, 5.74) is 2.34. The van der Waals surface area contributed by atoms with Crippen LogP contribution in [0.15, 0.2) is 38.4 Å². The Morgan fingerprint density at radius 2 is 2.09 bits per heavy atom. The molecule has 22 heavy (non-hydrogen) atoms. The number of thiophene rings is 1. The van der Waals surface area contributed by atoms with E-state index in [4.69, 9.17) is 9.47 Å². The molecule has 0 spiro atoms. The second kappa shape index (κ2) is 7.02. The maximum absolute atomic E-state index is 5.42. The lowest BCUT2D eigenvalue weighted by molar-refractivity contribution is 0.173. The average Bonchev–Trinajstić information content (AvgIpc) is 3.18. The van der Waals surface area contributed by atoms with Gasteiger partial charge in [-0.15, -0.1) is 0 Å². The molecular formula is C15H16BrN3O2S. The lowest BCUT2D eigenvalue weighted by Crippen LogP contribution is -2.36. The van der Waals surface area contributed by atoms with Crippen molar-refractivity contribution >= 4 is 33.2 Å². The Morgan fingerprint density at radius 3 is 2.82 bits per heavy atom. The maximum atomic E-state index is 5.42. The van der Waals surface area contributed by atoms with E-state index in [1.54, 1.807) is 18.4 Å². The van der Waals surface area contributed by atoms with Crippen LogP contribution in [0.3, 0.4) is 0 Å². The monoisotopic (exact) mass is 381 g/mol. The molecular weight excluding hydrogens is 366 g/mol. The maximum Gasteiger partial charge on any atom is 0.231 e. The third-order valence-corrected chi connectivity index (χ3v) is 4.53. The standard InChI is InChI=1S/C15H16BrN3O2S/c1-17-15(18-6-10-2-3-22-8-10)19-7-11-4-12(16)14-13(5-11)20-9-21-14/h2-5,8H,6-7,9H2,1H3,(H2,17,18,19). The zero-order valence-electron chi connectivity index (χ0n) is 12.1. The van der Waals surface area contributed by atoms with Crippen molar-refractivity contribution in [2.75, 3.05) is 13.8 Å². The highest BCUT2D eigenvalue weighted by Gasteiger charge is 2.17. The SMILES string of the molecule is CN=C(NCc1ccsc1)NCc1cc(Br)c2c(c1)OCO2. The van der Waals surface area contributed by atoms with E-state index in [1.165, 1.54) is 5.56 Å². The molecule has 1 aromatic carbocycles. The van der Waals surface area contributed by atoms with Gasteiger partial charge in [-0.2, -0.15) is 11.3 Å². The minimum atomic E-state index is 0.273. The molecule has 0 bridgehead atoms. The van der Waals surface area contributed by atoms with E-state index < -0.39 is 0 Å². The Morgan fingerprint density at radius 1 is 1.27 bits per heavy atom. The van der Waals surface area contributed by atoms with Gasteiger partial charge in [-0.3, -0.25) is 4.99 Å². The van der Waals surface area contributed by atoms with Crippen molar-refractivity contribution in [3.8, 4) is 11.5 Å². The number of hydrogen-bond acceptors (Lipinski definition) is 4. The number of aliphatic imine (C=N–C) groups is 1. The van der Waals surface area contributed by atoms with Crippen molar-refractivity contribution in [2.24, 2.45) is 4.99 Å². The van der Waals surface area contributed by atoms with Crippen molar-refractivity contribution in [1.29, 1.82) is 0 Å². The highest BCUT2D eigenvalue weighted by atomic mass is 79.9. The van der Waals surface area contributed by atoms with Gasteiger partial charge in [0.05, 0.1) is 4.47 Å². The summed E-state index contributed by atoms with van der Waals surface area (Å²) < 4.78 is 11.7. The van der Waals surface area contributed by atoms with Crippen LogP contribution >= 0.6 is 27.3 Å². The van der Waals surface area contributed by atoms with E-state index in [0.717, 1.165) is 34.0 Å². The van der Waals surface area contributed by atoms with Gasteiger partial charge < -0.3 is 20.1 Å². The first-order valence-electron chi connectivity index (χ1n) is 6.80. The van der Waals surface area contributed by atoms with Crippen molar-refractivity contribution in [1.82, 2.24) is 10.6 Å². The minimum Gasteiger partial charge on any atom is -0.454 e. The summed E-state index contributed by atoms with van der Waals surface area (Å²) in [6, 6.07) is 6.10. The van der Waals surface area contributed by atoms with Crippen molar-refractivity contribution in [3.63, 3.8) is 0 Å². The van der Waals surface area contributed by atoms with Crippen LogP contribution in [0.5, 0.6) is 11.5 Å². The zero-order valence-corrected chi connectivity index (χ0v) is 14.5. The number of nitrogens with zero attached hydrogens (tertiary/aromatic N) is 1. The van der Waals surface area contributed by atoms with Gasteiger partial charge in [0.1, 0.15) is 0 Å². The number of ether oxygens (including phenoxy) is 2. The number of guanidine groups is 1. The highest BCUT2D eigenvalue weighted by molar-refractivity contribution is 9.10. The summed E-state index contributed by atoms with van der Waals surface area (Å²) >= 11 is 5.19. The fourth-order valence-corrected chi connectivity index (χ4v) is 3.38. The van der Waals surface area contributed by atoms with Gasteiger partial charge in [0.25, 0.3) is 0 Å². The van der Waals surface area contributed by atoms with Gasteiger partial charge in [0.15, 0.2) is 17.5 Å². The first kappa shape index (κ1) is 15.2. The molecule has 1 aliphatic rings. The normalized spacial score (nSPS) is 13.3. The lowest BCUT2D eigenvalue weighted by atomic mass is 10.2. The Kier molecular flexibility index (Phi) is 4.84. The highest BCUT2D eigenvalue weighted by Crippen LogP contribution is 2.39. The van der Waals surface area contributed by atoms with E-state index in [2.05, 4.69) is 48.4 Å². The van der Waals surface area contributed by atoms with Gasteiger partial charge in [-0.25, -0.2) is 0 Å². The van der Waals surface area contributed by atoms with Crippen LogP contribution < -0.4 is 20.1 Å². The van der Waals surface area contributed by atoms with Crippen molar-refractivity contribution < 1.29 is 9.47 Å². The summed E-state index contributed by atoms with van der Waals surface area (Å²) in [6.45, 7) is 1.68. The number of hydrogen-bond donors (Lipinski definition) is 2. The largest absolute Gasteiger partial charge is 0.454 e. The molecule has 7 heteroatoms. The summed E-state index contributed by atoms with van der Waals surface area (Å²) in [7, 11) is 1.76. The molecule has 0 unspecified atom stereocenters. The van der Waals surface area contributed by atoms with Gasteiger partial charge in [-0.05, 0) is 56.0 Å². The van der Waals surface area contributed by atoms with Crippen LogP contribution in [-0.2, 0) is 13.1 Å². The first-order chi connectivity index (χ1) is 10.8. The molecule has 0 saturated carbocycles. The molecule has 2 N–H and O–H groups in total. The Hall–Kier alpha value is -1.73. The predicted molar refractivity (Wildman–Crippen MR) is 91.6 cm³/mol. The third-order valence-electron chi connectivity index (χ3n) is 3.21. The van der Waals surface area contributed by atoms with E-state index >= 15 is 0 Å². The zero-order chi connectivity index (χ0) is 15.4. The number of rotatable bonds is 4. The number of nitrogens with one attached hydrogen (secondary N) is 2. The lowest BCUT2D eigenvalue weighted by Gasteiger charge is -2.12. The first-order valence-corrected chi connectivity index (χ1v) is 8.53. The Balaban J connectivity index is 1.58. The van der Waals surface area contributed by atoms with Crippen LogP contribution in [-0.4, -0.2) is 19.8 Å². The summed E-state index contributed by atoms with van der Waals surface area (Å²) in [6.07, 6.45) is 0. The summed E-state index contributed by atoms with van der Waals surface area (Å²) in [5, 5.41) is 10.8. The molecule has 5 nitrogen and oxygen atoms in total. The summed E-state index contributed by atoms with van der Waals surface area (Å²) in [4.78, 5) is 4.23. The van der Waals surface area contributed by atoms with Crippen LogP contribution in [0.1, 0.15) is 11.1 Å². The summed E-state index contributed by atoms with van der Waals surface area (Å²) in [5.74, 6) is 2.30. The fourth-order valence-electron chi connectivity index (χ4n) is 2.11. The minimum absolute atomic E-state index is 0.273. The molecule has 1 aliphatic heterocycles. The molecule has 0 fully saturated rings. The molecule has 116 valence electrons. The number of benzene rings is 1. The fraction of sp³-hybridized carbons (Fsp3) is 0.267. The molecule has 0 atom stereocenters. The van der Waals surface area contributed by atoms with Gasteiger partial charge >= 0.3 is 0 Å². The molecule has 2 aromatic rings. The van der Waals surface area contributed by atoms with Crippen LogP contribution in [0.2, 0.25) is 0 Å². The molecule has 3 rings (SSSR count). The Labute approximate surface area is 141 Å². The molecule has 0 radical (unpaired) electrons. The molecule has 0 saturated heterocycles. The second-order valence-electron chi connectivity index (χ2n) is 4.72. The second-order valence-corrected chi connectivity index (χ2v) is 6.36. The number of fused-ring (bicyclic) bond motifs is 1. The molecule has 1 aromatic heterocycles. The third kappa shape index (κ3) is 3.53.